The summed E-state index contributed by atoms with van der Waals surface area (Å²) in [4.78, 5) is 1.95. The Labute approximate surface area is 128 Å². The fourth-order valence-electron chi connectivity index (χ4n) is 2.51. The molecule has 1 aromatic carbocycles. The molecular weight excluding hydrogens is 264 g/mol. The first-order valence-electron chi connectivity index (χ1n) is 7.85. The molecule has 21 heavy (non-hydrogen) atoms. The average Bonchev–Trinajstić information content (AvgIpc) is 3.21. The van der Waals surface area contributed by atoms with E-state index in [1.165, 1.54) is 19.3 Å². The van der Waals surface area contributed by atoms with Crippen molar-refractivity contribution in [2.24, 2.45) is 5.92 Å². The highest BCUT2D eigenvalue weighted by atomic mass is 16.5. The van der Waals surface area contributed by atoms with Gasteiger partial charge in [0.2, 0.25) is 0 Å². The molecular formula is C17H28N2O2. The van der Waals surface area contributed by atoms with Gasteiger partial charge in [-0.1, -0.05) is 12.8 Å². The second-order valence-corrected chi connectivity index (χ2v) is 6.48. The molecule has 4 heteroatoms. The van der Waals surface area contributed by atoms with Crippen LogP contribution >= 0.6 is 0 Å². The van der Waals surface area contributed by atoms with Crippen molar-refractivity contribution in [3.05, 3.63) is 24.3 Å². The molecule has 118 valence electrons. The molecule has 2 atom stereocenters. The number of hydrogen-bond acceptors (Lipinski definition) is 4. The van der Waals surface area contributed by atoms with Gasteiger partial charge in [-0.25, -0.2) is 0 Å². The van der Waals surface area contributed by atoms with Gasteiger partial charge in [0.1, 0.15) is 18.5 Å². The van der Waals surface area contributed by atoms with Gasteiger partial charge >= 0.3 is 0 Å². The molecule has 0 spiro atoms. The van der Waals surface area contributed by atoms with Gasteiger partial charge < -0.3 is 20.1 Å². The number of anilines is 1. The summed E-state index contributed by atoms with van der Waals surface area (Å²) in [6.07, 6.45) is 3.59. The Balaban J connectivity index is 1.73. The van der Waals surface area contributed by atoms with E-state index in [9.17, 15) is 5.11 Å². The van der Waals surface area contributed by atoms with E-state index in [1.807, 2.05) is 43.3 Å². The molecule has 0 amide bonds. The van der Waals surface area contributed by atoms with Crippen molar-refractivity contribution < 1.29 is 9.84 Å². The SMILES string of the molecule is CC(CC1CC1)Nc1ccc(OCC(O)CN(C)C)cc1. The van der Waals surface area contributed by atoms with Gasteiger partial charge in [0, 0.05) is 18.3 Å². The van der Waals surface area contributed by atoms with Crippen molar-refractivity contribution in [3.8, 4) is 5.75 Å². The van der Waals surface area contributed by atoms with Crippen LogP contribution in [0.2, 0.25) is 0 Å². The Bertz CT molecular complexity index is 415. The third-order valence-corrected chi connectivity index (χ3v) is 3.67. The number of nitrogens with zero attached hydrogens (tertiary/aromatic N) is 1. The van der Waals surface area contributed by atoms with Gasteiger partial charge in [0.15, 0.2) is 0 Å². The minimum Gasteiger partial charge on any atom is -0.491 e. The van der Waals surface area contributed by atoms with Crippen LogP contribution in [0.5, 0.6) is 5.75 Å². The summed E-state index contributed by atoms with van der Waals surface area (Å²) in [7, 11) is 3.87. The normalized spacial score (nSPS) is 17.6. The van der Waals surface area contributed by atoms with Gasteiger partial charge in [-0.2, -0.15) is 0 Å². The summed E-state index contributed by atoms with van der Waals surface area (Å²) in [5, 5.41) is 13.3. The zero-order chi connectivity index (χ0) is 15.2. The summed E-state index contributed by atoms with van der Waals surface area (Å²) in [5.74, 6) is 1.74. The monoisotopic (exact) mass is 292 g/mol. The first-order valence-corrected chi connectivity index (χ1v) is 7.85. The second-order valence-electron chi connectivity index (χ2n) is 6.48. The number of rotatable bonds is 9. The van der Waals surface area contributed by atoms with Crippen LogP contribution in [-0.4, -0.2) is 49.4 Å². The molecule has 1 aliphatic rings. The standard InChI is InChI=1S/C17H28N2O2/c1-13(10-14-4-5-14)18-15-6-8-17(9-7-15)21-12-16(20)11-19(2)3/h6-9,13-14,16,18,20H,4-5,10-12H2,1-3H3. The molecule has 1 fully saturated rings. The lowest BCUT2D eigenvalue weighted by molar-refractivity contribution is 0.0831. The first-order chi connectivity index (χ1) is 10.0. The maximum Gasteiger partial charge on any atom is 0.119 e. The molecule has 1 aromatic rings. The molecule has 1 saturated carbocycles. The molecule has 4 nitrogen and oxygen atoms in total. The molecule has 0 heterocycles. The Kier molecular flexibility index (Phi) is 5.88. The summed E-state index contributed by atoms with van der Waals surface area (Å²) in [6, 6.07) is 8.50. The van der Waals surface area contributed by atoms with Gasteiger partial charge in [0.05, 0.1) is 0 Å². The average molecular weight is 292 g/mol. The Hall–Kier alpha value is -1.26. The largest absolute Gasteiger partial charge is 0.491 e. The summed E-state index contributed by atoms with van der Waals surface area (Å²) in [5.41, 5.74) is 1.13. The predicted octanol–water partition coefficient (Wildman–Crippen LogP) is 2.59. The number of hydrogen-bond donors (Lipinski definition) is 2. The van der Waals surface area contributed by atoms with E-state index in [4.69, 9.17) is 4.74 Å². The lowest BCUT2D eigenvalue weighted by atomic mass is 10.1. The van der Waals surface area contributed by atoms with Crippen molar-refractivity contribution in [2.75, 3.05) is 32.6 Å². The van der Waals surface area contributed by atoms with Crippen LogP contribution in [-0.2, 0) is 0 Å². The quantitative estimate of drug-likeness (QED) is 0.734. The third kappa shape index (κ3) is 6.36. The first kappa shape index (κ1) is 16.1. The third-order valence-electron chi connectivity index (χ3n) is 3.67. The number of benzene rings is 1. The van der Waals surface area contributed by atoms with Crippen molar-refractivity contribution in [2.45, 2.75) is 38.3 Å². The summed E-state index contributed by atoms with van der Waals surface area (Å²) in [6.45, 7) is 3.17. The van der Waals surface area contributed by atoms with Gasteiger partial charge in [0.25, 0.3) is 0 Å². The fraction of sp³-hybridized carbons (Fsp3) is 0.647. The number of likely N-dealkylation sites (N-methyl/N-ethyl adjacent to an activating group) is 1. The van der Waals surface area contributed by atoms with Crippen LogP contribution in [0, 0.1) is 5.92 Å². The smallest absolute Gasteiger partial charge is 0.119 e. The molecule has 1 aliphatic carbocycles. The Morgan fingerprint density at radius 1 is 1.29 bits per heavy atom. The lowest BCUT2D eigenvalue weighted by Crippen LogP contribution is -2.30. The molecule has 0 aromatic heterocycles. The number of aliphatic hydroxyl groups excluding tert-OH is 1. The topological polar surface area (TPSA) is 44.7 Å². The van der Waals surface area contributed by atoms with E-state index >= 15 is 0 Å². The van der Waals surface area contributed by atoms with E-state index in [0.717, 1.165) is 17.4 Å². The van der Waals surface area contributed by atoms with Crippen LogP contribution in [0.1, 0.15) is 26.2 Å². The predicted molar refractivity (Wildman–Crippen MR) is 86.9 cm³/mol. The highest BCUT2D eigenvalue weighted by Crippen LogP contribution is 2.34. The van der Waals surface area contributed by atoms with Crippen molar-refractivity contribution in [3.63, 3.8) is 0 Å². The molecule has 0 bridgehead atoms. The Morgan fingerprint density at radius 2 is 1.95 bits per heavy atom. The zero-order valence-electron chi connectivity index (χ0n) is 13.4. The van der Waals surface area contributed by atoms with E-state index in [-0.39, 0.29) is 0 Å². The molecule has 0 radical (unpaired) electrons. The minimum atomic E-state index is -0.462. The van der Waals surface area contributed by atoms with Gasteiger partial charge in [-0.15, -0.1) is 0 Å². The number of nitrogens with one attached hydrogen (secondary N) is 1. The highest BCUT2D eigenvalue weighted by Gasteiger charge is 2.23. The molecule has 0 aliphatic heterocycles. The van der Waals surface area contributed by atoms with Crippen molar-refractivity contribution in [1.82, 2.24) is 4.90 Å². The molecule has 2 N–H and O–H groups in total. The van der Waals surface area contributed by atoms with Crippen molar-refractivity contribution >= 4 is 5.69 Å². The fourth-order valence-corrected chi connectivity index (χ4v) is 2.51. The van der Waals surface area contributed by atoms with Crippen LogP contribution in [0.4, 0.5) is 5.69 Å². The summed E-state index contributed by atoms with van der Waals surface area (Å²) >= 11 is 0. The molecule has 2 rings (SSSR count). The number of ether oxygens (including phenoxy) is 1. The van der Waals surface area contributed by atoms with Crippen LogP contribution < -0.4 is 10.1 Å². The lowest BCUT2D eigenvalue weighted by Gasteiger charge is -2.17. The van der Waals surface area contributed by atoms with Crippen LogP contribution in [0.25, 0.3) is 0 Å². The number of aliphatic hydroxyl groups is 1. The zero-order valence-corrected chi connectivity index (χ0v) is 13.4. The van der Waals surface area contributed by atoms with Crippen LogP contribution in [0.3, 0.4) is 0 Å². The molecule has 2 unspecified atom stereocenters. The van der Waals surface area contributed by atoms with E-state index < -0.39 is 6.10 Å². The van der Waals surface area contributed by atoms with Crippen LogP contribution in [0.15, 0.2) is 24.3 Å². The van der Waals surface area contributed by atoms with Crippen molar-refractivity contribution in [1.29, 1.82) is 0 Å². The van der Waals surface area contributed by atoms with Gasteiger partial charge in [-0.3, -0.25) is 0 Å². The van der Waals surface area contributed by atoms with E-state index in [1.54, 1.807) is 0 Å². The minimum absolute atomic E-state index is 0.322. The van der Waals surface area contributed by atoms with E-state index in [2.05, 4.69) is 12.2 Å². The maximum atomic E-state index is 9.77. The van der Waals surface area contributed by atoms with Gasteiger partial charge in [-0.05, 0) is 57.6 Å². The Morgan fingerprint density at radius 3 is 2.52 bits per heavy atom. The second kappa shape index (κ2) is 7.66. The summed E-state index contributed by atoms with van der Waals surface area (Å²) < 4.78 is 5.60. The highest BCUT2D eigenvalue weighted by molar-refractivity contribution is 5.47. The van der Waals surface area contributed by atoms with E-state index in [0.29, 0.717) is 19.2 Å². The maximum absolute atomic E-state index is 9.77. The molecule has 0 saturated heterocycles.